The fraction of sp³-hybridized carbons (Fsp3) is 0.125. The van der Waals surface area contributed by atoms with Crippen molar-refractivity contribution in [3.05, 3.63) is 88.7 Å². The molecule has 0 bridgehead atoms. The first kappa shape index (κ1) is 15.7. The van der Waals surface area contributed by atoms with Gasteiger partial charge in [0.05, 0.1) is 19.3 Å². The molecule has 0 amide bonds. The summed E-state index contributed by atoms with van der Waals surface area (Å²) in [5, 5.41) is 11.3. The summed E-state index contributed by atoms with van der Waals surface area (Å²) in [5.41, 5.74) is 5.95. The Morgan fingerprint density at radius 2 is 1.85 bits per heavy atom. The number of nitriles is 1. The van der Waals surface area contributed by atoms with Crippen LogP contribution in [0.3, 0.4) is 0 Å². The van der Waals surface area contributed by atoms with E-state index in [9.17, 15) is 5.26 Å². The fourth-order valence-electron chi connectivity index (χ4n) is 4.22. The number of nitrogens with zero attached hydrogens (tertiary/aromatic N) is 1. The Bertz CT molecular complexity index is 1190. The Kier molecular flexibility index (Phi) is 3.51. The van der Waals surface area contributed by atoms with Gasteiger partial charge in [0.1, 0.15) is 17.3 Å². The highest BCUT2D eigenvalue weighted by Crippen LogP contribution is 2.49. The van der Waals surface area contributed by atoms with E-state index in [1.54, 1.807) is 7.11 Å². The quantitative estimate of drug-likeness (QED) is 0.552. The summed E-state index contributed by atoms with van der Waals surface area (Å²) in [6.45, 7) is 0. The van der Waals surface area contributed by atoms with Gasteiger partial charge in [-0.2, -0.15) is 5.26 Å². The summed E-state index contributed by atoms with van der Waals surface area (Å²) in [5.74, 6) is 2.27. The largest absolute Gasteiger partial charge is 0.496 e. The Labute approximate surface area is 157 Å². The van der Waals surface area contributed by atoms with Gasteiger partial charge in [0, 0.05) is 21.9 Å². The highest BCUT2D eigenvalue weighted by Gasteiger charge is 2.30. The number of rotatable bonds is 1. The number of allylic oxidation sites excluding steroid dienone is 2. The minimum absolute atomic E-state index is 0.657. The van der Waals surface area contributed by atoms with Crippen molar-refractivity contribution in [2.24, 2.45) is 0 Å². The van der Waals surface area contributed by atoms with E-state index in [2.05, 4.69) is 42.5 Å². The number of methoxy groups -OCH3 is 1. The molecule has 1 aliphatic heterocycles. The molecule has 0 saturated heterocycles. The molecular formula is C24H17NO2. The molecule has 1 heterocycles. The SMILES string of the molecule is COc1cccc2c3c(ccc12)C1=C(CCc2ccccc21)/C(=C/C#N)O3. The normalized spacial score (nSPS) is 16.2. The fourth-order valence-corrected chi connectivity index (χ4v) is 4.22. The molecular weight excluding hydrogens is 334 g/mol. The molecule has 3 nitrogen and oxygen atoms in total. The Morgan fingerprint density at radius 3 is 2.70 bits per heavy atom. The van der Waals surface area contributed by atoms with Crippen molar-refractivity contribution in [3.63, 3.8) is 0 Å². The third kappa shape index (κ3) is 2.27. The Balaban J connectivity index is 1.87. The van der Waals surface area contributed by atoms with Crippen LogP contribution in [0.4, 0.5) is 0 Å². The number of ether oxygens (including phenoxy) is 2. The van der Waals surface area contributed by atoms with Crippen molar-refractivity contribution >= 4 is 16.3 Å². The molecule has 0 N–H and O–H groups in total. The Morgan fingerprint density at radius 1 is 0.963 bits per heavy atom. The third-order valence-electron chi connectivity index (χ3n) is 5.40. The molecule has 3 aromatic carbocycles. The van der Waals surface area contributed by atoms with Crippen LogP contribution in [0.15, 0.2) is 72.0 Å². The highest BCUT2D eigenvalue weighted by molar-refractivity contribution is 6.01. The van der Waals surface area contributed by atoms with Crippen LogP contribution in [0.5, 0.6) is 11.5 Å². The van der Waals surface area contributed by atoms with Crippen molar-refractivity contribution in [2.75, 3.05) is 7.11 Å². The zero-order valence-electron chi connectivity index (χ0n) is 15.0. The molecule has 0 radical (unpaired) electrons. The number of benzene rings is 3. The van der Waals surface area contributed by atoms with E-state index < -0.39 is 0 Å². The summed E-state index contributed by atoms with van der Waals surface area (Å²) >= 11 is 0. The molecule has 3 aromatic rings. The number of fused-ring (bicyclic) bond motifs is 6. The lowest BCUT2D eigenvalue weighted by Crippen LogP contribution is -2.16. The van der Waals surface area contributed by atoms with Crippen LogP contribution in [-0.4, -0.2) is 7.11 Å². The van der Waals surface area contributed by atoms with Gasteiger partial charge in [0.2, 0.25) is 0 Å². The summed E-state index contributed by atoms with van der Waals surface area (Å²) in [6.07, 6.45) is 3.35. The predicted molar refractivity (Wildman–Crippen MR) is 106 cm³/mol. The van der Waals surface area contributed by atoms with Crippen molar-refractivity contribution < 1.29 is 9.47 Å². The number of hydrogen-bond acceptors (Lipinski definition) is 3. The topological polar surface area (TPSA) is 42.2 Å². The minimum Gasteiger partial charge on any atom is -0.496 e. The monoisotopic (exact) mass is 351 g/mol. The van der Waals surface area contributed by atoms with Gasteiger partial charge in [-0.05, 0) is 47.7 Å². The lowest BCUT2D eigenvalue weighted by molar-refractivity contribution is 0.418. The average Bonchev–Trinajstić information content (AvgIpc) is 2.73. The van der Waals surface area contributed by atoms with Crippen LogP contribution >= 0.6 is 0 Å². The van der Waals surface area contributed by atoms with Crippen LogP contribution in [0, 0.1) is 11.3 Å². The predicted octanol–water partition coefficient (Wildman–Crippen LogP) is 5.40. The first-order chi connectivity index (χ1) is 13.3. The second-order valence-corrected chi connectivity index (χ2v) is 6.75. The number of aryl methyl sites for hydroxylation is 1. The average molecular weight is 351 g/mol. The first-order valence-corrected chi connectivity index (χ1v) is 9.01. The van der Waals surface area contributed by atoms with Crippen molar-refractivity contribution in [1.82, 2.24) is 0 Å². The first-order valence-electron chi connectivity index (χ1n) is 9.01. The second kappa shape index (κ2) is 6.03. The van der Waals surface area contributed by atoms with E-state index in [0.29, 0.717) is 5.76 Å². The summed E-state index contributed by atoms with van der Waals surface area (Å²) in [4.78, 5) is 0. The number of hydrogen-bond donors (Lipinski definition) is 0. The van der Waals surface area contributed by atoms with Gasteiger partial charge in [0.15, 0.2) is 0 Å². The lowest BCUT2D eigenvalue weighted by atomic mass is 9.79. The van der Waals surface area contributed by atoms with E-state index in [0.717, 1.165) is 46.2 Å². The third-order valence-corrected chi connectivity index (χ3v) is 5.40. The molecule has 3 heteroatoms. The molecule has 2 aliphatic rings. The van der Waals surface area contributed by atoms with Crippen molar-refractivity contribution in [3.8, 4) is 17.6 Å². The standard InChI is InChI=1S/C24H17NO2/c1-26-21-8-4-7-18-17(21)11-12-20-23-16-6-3-2-5-15(16)9-10-19(23)22(13-14-25)27-24(18)20/h2-8,11-13H,9-10H2,1H3/b22-13-. The molecule has 0 saturated carbocycles. The summed E-state index contributed by atoms with van der Waals surface area (Å²) in [6, 6.07) is 20.8. The van der Waals surface area contributed by atoms with E-state index in [1.807, 2.05) is 18.2 Å². The zero-order valence-corrected chi connectivity index (χ0v) is 15.0. The summed E-state index contributed by atoms with van der Waals surface area (Å²) in [7, 11) is 1.67. The van der Waals surface area contributed by atoms with Crippen LogP contribution < -0.4 is 9.47 Å². The van der Waals surface area contributed by atoms with E-state index >= 15 is 0 Å². The second-order valence-electron chi connectivity index (χ2n) is 6.75. The van der Waals surface area contributed by atoms with Crippen LogP contribution in [0.2, 0.25) is 0 Å². The van der Waals surface area contributed by atoms with Crippen LogP contribution in [0.1, 0.15) is 23.1 Å². The van der Waals surface area contributed by atoms with Gasteiger partial charge in [-0.3, -0.25) is 0 Å². The van der Waals surface area contributed by atoms with Crippen molar-refractivity contribution in [2.45, 2.75) is 12.8 Å². The molecule has 0 fully saturated rings. The Hall–Kier alpha value is -3.51. The molecule has 27 heavy (non-hydrogen) atoms. The van der Waals surface area contributed by atoms with Crippen LogP contribution in [-0.2, 0) is 6.42 Å². The van der Waals surface area contributed by atoms with Crippen LogP contribution in [0.25, 0.3) is 16.3 Å². The molecule has 5 rings (SSSR count). The highest BCUT2D eigenvalue weighted by atomic mass is 16.5. The van der Waals surface area contributed by atoms with Gasteiger partial charge in [-0.25, -0.2) is 0 Å². The van der Waals surface area contributed by atoms with E-state index in [-0.39, 0.29) is 0 Å². The van der Waals surface area contributed by atoms with E-state index in [4.69, 9.17) is 9.47 Å². The smallest absolute Gasteiger partial charge is 0.143 e. The van der Waals surface area contributed by atoms with Gasteiger partial charge in [0.25, 0.3) is 0 Å². The van der Waals surface area contributed by atoms with Gasteiger partial charge in [-0.15, -0.1) is 0 Å². The lowest BCUT2D eigenvalue weighted by Gasteiger charge is -2.31. The summed E-state index contributed by atoms with van der Waals surface area (Å²) < 4.78 is 11.8. The molecule has 0 aromatic heterocycles. The minimum atomic E-state index is 0.657. The zero-order chi connectivity index (χ0) is 18.4. The van der Waals surface area contributed by atoms with Crippen molar-refractivity contribution in [1.29, 1.82) is 5.26 Å². The molecule has 0 spiro atoms. The maximum Gasteiger partial charge on any atom is 0.143 e. The van der Waals surface area contributed by atoms with Gasteiger partial charge < -0.3 is 9.47 Å². The van der Waals surface area contributed by atoms with Gasteiger partial charge >= 0.3 is 0 Å². The maximum absolute atomic E-state index is 9.30. The molecule has 1 aliphatic carbocycles. The van der Waals surface area contributed by atoms with E-state index in [1.165, 1.54) is 22.8 Å². The molecule has 130 valence electrons. The maximum atomic E-state index is 9.30. The molecule has 0 atom stereocenters. The van der Waals surface area contributed by atoms with Gasteiger partial charge in [-0.1, -0.05) is 36.4 Å². The molecule has 0 unspecified atom stereocenters.